The van der Waals surface area contributed by atoms with Gasteiger partial charge in [-0.05, 0) is 35.9 Å². The number of aldehydes is 1. The predicted molar refractivity (Wildman–Crippen MR) is 118 cm³/mol. The van der Waals surface area contributed by atoms with E-state index in [1.54, 1.807) is 31.3 Å². The molecule has 0 bridgehead atoms. The molecule has 0 aliphatic heterocycles. The van der Waals surface area contributed by atoms with Crippen LogP contribution in [0, 0.1) is 0 Å². The molecule has 0 saturated carbocycles. The van der Waals surface area contributed by atoms with Gasteiger partial charge in [0.15, 0.2) is 0 Å². The van der Waals surface area contributed by atoms with Gasteiger partial charge in [0.1, 0.15) is 13.4 Å². The molecule has 0 radical (unpaired) electrons. The molecule has 0 heterocycles. The summed E-state index contributed by atoms with van der Waals surface area (Å²) in [6.07, 6.45) is 0.905. The average Bonchev–Trinajstić information content (AvgIpc) is 2.66. The molecule has 0 aliphatic carbocycles. The number of rotatable bonds is 8. The van der Waals surface area contributed by atoms with Gasteiger partial charge < -0.3 is 14.5 Å². The first kappa shape index (κ1) is 23.5. The number of amides is 1. The van der Waals surface area contributed by atoms with Crippen molar-refractivity contribution in [1.29, 1.82) is 0 Å². The van der Waals surface area contributed by atoms with Gasteiger partial charge in [-0.15, -0.1) is 0 Å². The fourth-order valence-corrected chi connectivity index (χ4v) is 3.65. The van der Waals surface area contributed by atoms with Crippen molar-refractivity contribution in [3.8, 4) is 0 Å². The van der Waals surface area contributed by atoms with E-state index in [4.69, 9.17) is 51.2 Å². The minimum Gasteiger partial charge on any atom is -0.399 e. The molecule has 9 heteroatoms. The number of carbonyl (C=O) groups excluding carboxylic acids is 2. The summed E-state index contributed by atoms with van der Waals surface area (Å²) in [6.45, 7) is 0.107. The monoisotopic (exact) mass is 474 g/mol. The number of oxime groups is 1. The smallest absolute Gasteiger partial charge is 0.254 e. The zero-order valence-electron chi connectivity index (χ0n) is 15.7. The van der Waals surface area contributed by atoms with Gasteiger partial charge in [-0.2, -0.15) is 0 Å². The van der Waals surface area contributed by atoms with Gasteiger partial charge in [0.2, 0.25) is 0 Å². The molecule has 2 aromatic rings. The van der Waals surface area contributed by atoms with E-state index in [1.807, 2.05) is 0 Å². The van der Waals surface area contributed by atoms with E-state index in [1.165, 1.54) is 24.1 Å². The molecule has 0 fully saturated rings. The molecular weight excluding hydrogens is 458 g/mol. The van der Waals surface area contributed by atoms with Gasteiger partial charge in [-0.1, -0.05) is 57.6 Å². The number of carbonyl (C=O) groups is 2. The molecule has 0 unspecified atom stereocenters. The molecular formula is C20H18Cl4N2O3. The Hall–Kier alpha value is -1.79. The third kappa shape index (κ3) is 6.34. The van der Waals surface area contributed by atoms with Gasteiger partial charge in [0.05, 0.1) is 22.3 Å². The summed E-state index contributed by atoms with van der Waals surface area (Å²) < 4.78 is 0. The lowest BCUT2D eigenvalue weighted by molar-refractivity contribution is -0.107. The molecule has 154 valence electrons. The highest BCUT2D eigenvalue weighted by atomic mass is 35.5. The topological polar surface area (TPSA) is 59.0 Å². The second kappa shape index (κ2) is 10.8. The van der Waals surface area contributed by atoms with Crippen LogP contribution in [-0.4, -0.2) is 43.5 Å². The van der Waals surface area contributed by atoms with E-state index in [0.29, 0.717) is 31.4 Å². The Kier molecular flexibility index (Phi) is 8.78. The Morgan fingerprint density at radius 2 is 1.76 bits per heavy atom. The lowest BCUT2D eigenvalue weighted by Crippen LogP contribution is -2.35. The molecule has 2 rings (SSSR count). The van der Waals surface area contributed by atoms with E-state index in [9.17, 15) is 9.59 Å². The van der Waals surface area contributed by atoms with Crippen molar-refractivity contribution in [2.75, 3.05) is 20.7 Å². The van der Waals surface area contributed by atoms with E-state index < -0.39 is 5.92 Å². The van der Waals surface area contributed by atoms with Crippen LogP contribution in [0.3, 0.4) is 0 Å². The van der Waals surface area contributed by atoms with Crippen LogP contribution in [0.15, 0.2) is 41.6 Å². The second-order valence-electron chi connectivity index (χ2n) is 6.21. The van der Waals surface area contributed by atoms with Gasteiger partial charge in [0.25, 0.3) is 5.91 Å². The maximum absolute atomic E-state index is 12.8. The number of hydrogen-bond acceptors (Lipinski definition) is 4. The quantitative estimate of drug-likeness (QED) is 0.277. The standard InChI is InChI=1S/C20H18Cl4N2O3/c1-26(20(28)13-7-14(21)10-15(22)8-13)11-19(25-29-2)16(5-6-27)12-3-4-17(23)18(24)9-12/h3-4,6-10,16H,5,11H2,1-2H3/b25-19+/t16-/m1/s1. The molecule has 0 saturated heterocycles. The summed E-state index contributed by atoms with van der Waals surface area (Å²) in [4.78, 5) is 30.5. The Balaban J connectivity index is 2.32. The second-order valence-corrected chi connectivity index (χ2v) is 7.90. The molecule has 1 amide bonds. The third-order valence-electron chi connectivity index (χ3n) is 4.14. The Morgan fingerprint density at radius 1 is 1.10 bits per heavy atom. The van der Waals surface area contributed by atoms with Crippen LogP contribution in [0.25, 0.3) is 0 Å². The Morgan fingerprint density at radius 3 is 2.31 bits per heavy atom. The number of halogens is 4. The maximum Gasteiger partial charge on any atom is 0.254 e. The predicted octanol–water partition coefficient (Wildman–Crippen LogP) is 5.75. The first-order valence-corrected chi connectivity index (χ1v) is 9.98. The van der Waals surface area contributed by atoms with E-state index in [0.717, 1.165) is 11.8 Å². The largest absolute Gasteiger partial charge is 0.399 e. The van der Waals surface area contributed by atoms with E-state index in [2.05, 4.69) is 5.16 Å². The van der Waals surface area contributed by atoms with Gasteiger partial charge in [-0.3, -0.25) is 4.79 Å². The molecule has 0 spiro atoms. The summed E-state index contributed by atoms with van der Waals surface area (Å²) in [7, 11) is 3.00. The number of nitrogens with zero attached hydrogens (tertiary/aromatic N) is 2. The van der Waals surface area contributed by atoms with Crippen molar-refractivity contribution in [3.05, 3.63) is 67.6 Å². The zero-order chi connectivity index (χ0) is 21.6. The van der Waals surface area contributed by atoms with E-state index in [-0.39, 0.29) is 18.9 Å². The highest BCUT2D eigenvalue weighted by molar-refractivity contribution is 6.42. The number of benzene rings is 2. The maximum atomic E-state index is 12.8. The molecule has 0 aliphatic rings. The summed E-state index contributed by atoms with van der Waals surface area (Å²) in [6, 6.07) is 9.67. The molecule has 0 aromatic heterocycles. The molecule has 5 nitrogen and oxygen atoms in total. The van der Waals surface area contributed by atoms with Crippen LogP contribution in [0.4, 0.5) is 0 Å². The minimum absolute atomic E-state index is 0.107. The number of hydrogen-bond donors (Lipinski definition) is 0. The normalized spacial score (nSPS) is 12.4. The summed E-state index contributed by atoms with van der Waals surface area (Å²) >= 11 is 24.1. The molecule has 2 aromatic carbocycles. The van der Waals surface area contributed by atoms with E-state index >= 15 is 0 Å². The van der Waals surface area contributed by atoms with Gasteiger partial charge in [0, 0.05) is 35.0 Å². The van der Waals surface area contributed by atoms with Crippen molar-refractivity contribution >= 4 is 64.3 Å². The third-order valence-corrected chi connectivity index (χ3v) is 5.32. The highest BCUT2D eigenvalue weighted by Crippen LogP contribution is 2.29. The van der Waals surface area contributed by atoms with Crippen LogP contribution < -0.4 is 0 Å². The summed E-state index contributed by atoms with van der Waals surface area (Å²) in [5, 5.41) is 5.53. The van der Waals surface area contributed by atoms with Gasteiger partial charge in [-0.25, -0.2) is 0 Å². The van der Waals surface area contributed by atoms with Crippen molar-refractivity contribution in [2.45, 2.75) is 12.3 Å². The van der Waals surface area contributed by atoms with Crippen molar-refractivity contribution < 1.29 is 14.4 Å². The Bertz CT molecular complexity index is 914. The molecule has 29 heavy (non-hydrogen) atoms. The van der Waals surface area contributed by atoms with Crippen molar-refractivity contribution in [2.24, 2.45) is 5.16 Å². The lowest BCUT2D eigenvalue weighted by atomic mass is 9.91. The molecule has 0 N–H and O–H groups in total. The lowest BCUT2D eigenvalue weighted by Gasteiger charge is -2.23. The summed E-state index contributed by atoms with van der Waals surface area (Å²) in [5.41, 5.74) is 1.54. The van der Waals surface area contributed by atoms with Crippen molar-refractivity contribution in [3.63, 3.8) is 0 Å². The Labute approximate surface area is 189 Å². The van der Waals surface area contributed by atoms with Crippen LogP contribution in [0.5, 0.6) is 0 Å². The first-order valence-electron chi connectivity index (χ1n) is 8.46. The van der Waals surface area contributed by atoms with Crippen LogP contribution in [0.1, 0.15) is 28.3 Å². The fraction of sp³-hybridized carbons (Fsp3) is 0.250. The zero-order valence-corrected chi connectivity index (χ0v) is 18.7. The summed E-state index contributed by atoms with van der Waals surface area (Å²) in [5.74, 6) is -0.752. The van der Waals surface area contributed by atoms with Crippen molar-refractivity contribution in [1.82, 2.24) is 4.90 Å². The van der Waals surface area contributed by atoms with Crippen LogP contribution in [-0.2, 0) is 9.63 Å². The highest BCUT2D eigenvalue weighted by Gasteiger charge is 2.24. The minimum atomic E-state index is -0.444. The van der Waals surface area contributed by atoms with Crippen LogP contribution >= 0.6 is 46.4 Å². The first-order chi connectivity index (χ1) is 13.8. The fourth-order valence-electron chi connectivity index (χ4n) is 2.82. The van der Waals surface area contributed by atoms with Gasteiger partial charge >= 0.3 is 0 Å². The van der Waals surface area contributed by atoms with Crippen LogP contribution in [0.2, 0.25) is 20.1 Å². The molecule has 1 atom stereocenters. The average molecular weight is 476 g/mol. The SMILES string of the molecule is CO/N=C(\CN(C)C(=O)c1cc(Cl)cc(Cl)c1)[C@H](CC=O)c1ccc(Cl)c(Cl)c1.